The van der Waals surface area contributed by atoms with Gasteiger partial charge >= 0.3 is 6.18 Å². The Morgan fingerprint density at radius 2 is 1.79 bits per heavy atom. The molecule has 2 amide bonds. The van der Waals surface area contributed by atoms with Gasteiger partial charge < -0.3 is 14.7 Å². The highest BCUT2D eigenvalue weighted by Crippen LogP contribution is 2.50. The second-order valence-electron chi connectivity index (χ2n) is 10.2. The minimum absolute atomic E-state index is 0.0453. The average molecular weight is 463 g/mol. The van der Waals surface area contributed by atoms with E-state index >= 15 is 0 Å². The van der Waals surface area contributed by atoms with E-state index in [2.05, 4.69) is 0 Å². The molecular formula is C24H29F3N4O2. The predicted molar refractivity (Wildman–Crippen MR) is 116 cm³/mol. The first-order chi connectivity index (χ1) is 15.4. The summed E-state index contributed by atoms with van der Waals surface area (Å²) < 4.78 is 40.5. The number of amides is 2. The van der Waals surface area contributed by atoms with Gasteiger partial charge in [-0.25, -0.2) is 0 Å². The molecule has 6 nitrogen and oxygen atoms in total. The Bertz CT molecular complexity index is 1000. The van der Waals surface area contributed by atoms with Crippen LogP contribution in [0, 0.1) is 28.1 Å². The standard InChI is InChI=1S/C24H29F3N4O2/c1-22(6-7-22)21(33)30-10-8-23(9-11-30)15-31(14-19(23)20(32)29(2)3)17-5-4-16(13-28)18(12-17)24(25,26)27/h4-5,12,19H,6-11,14-15H2,1-3H3. The number of piperidine rings is 1. The SMILES string of the molecule is CN(C)C(=O)C1CN(c2ccc(C#N)c(C(F)(F)F)c2)CC12CCN(C(=O)C1(C)CC1)CC2. The molecule has 2 saturated heterocycles. The van der Waals surface area contributed by atoms with Crippen LogP contribution in [0.2, 0.25) is 0 Å². The number of carbonyl (C=O) groups is 2. The van der Waals surface area contributed by atoms with Crippen molar-refractivity contribution in [1.82, 2.24) is 9.80 Å². The Morgan fingerprint density at radius 3 is 2.30 bits per heavy atom. The molecule has 4 rings (SSSR count). The number of carbonyl (C=O) groups excluding carboxylic acids is 2. The fraction of sp³-hybridized carbons (Fsp3) is 0.625. The molecule has 3 aliphatic rings. The topological polar surface area (TPSA) is 67.7 Å². The minimum Gasteiger partial charge on any atom is -0.370 e. The zero-order chi connectivity index (χ0) is 24.2. The van der Waals surface area contributed by atoms with Crippen LogP contribution >= 0.6 is 0 Å². The Hall–Kier alpha value is -2.76. The molecule has 0 aromatic heterocycles. The molecule has 0 radical (unpaired) electrons. The van der Waals surface area contributed by atoms with Crippen molar-refractivity contribution in [2.45, 2.75) is 38.8 Å². The average Bonchev–Trinajstić information content (AvgIpc) is 3.43. The largest absolute Gasteiger partial charge is 0.417 e. The number of rotatable bonds is 3. The van der Waals surface area contributed by atoms with Gasteiger partial charge in [0.05, 0.1) is 23.1 Å². The van der Waals surface area contributed by atoms with E-state index in [1.807, 2.05) is 16.7 Å². The number of nitriles is 1. The van der Waals surface area contributed by atoms with E-state index in [1.165, 1.54) is 12.1 Å². The molecule has 3 fully saturated rings. The summed E-state index contributed by atoms with van der Waals surface area (Å²) in [5.74, 6) is -0.244. The summed E-state index contributed by atoms with van der Waals surface area (Å²) in [4.78, 5) is 31.2. The van der Waals surface area contributed by atoms with Gasteiger partial charge in [-0.3, -0.25) is 9.59 Å². The number of halogens is 3. The third kappa shape index (κ3) is 4.16. The summed E-state index contributed by atoms with van der Waals surface area (Å²) in [5, 5.41) is 9.10. The van der Waals surface area contributed by atoms with Crippen molar-refractivity contribution in [3.63, 3.8) is 0 Å². The number of benzene rings is 1. The first-order valence-electron chi connectivity index (χ1n) is 11.3. The number of anilines is 1. The summed E-state index contributed by atoms with van der Waals surface area (Å²) in [6, 6.07) is 5.35. The molecular weight excluding hydrogens is 433 g/mol. The van der Waals surface area contributed by atoms with Crippen molar-refractivity contribution in [3.05, 3.63) is 29.3 Å². The maximum Gasteiger partial charge on any atom is 0.417 e. The van der Waals surface area contributed by atoms with Crippen LogP contribution in [0.25, 0.3) is 0 Å². The third-order valence-corrected chi connectivity index (χ3v) is 7.74. The highest BCUT2D eigenvalue weighted by molar-refractivity contribution is 5.85. The number of alkyl halides is 3. The quantitative estimate of drug-likeness (QED) is 0.690. The van der Waals surface area contributed by atoms with E-state index < -0.39 is 22.7 Å². The van der Waals surface area contributed by atoms with Crippen molar-refractivity contribution in [2.75, 3.05) is 45.2 Å². The third-order valence-electron chi connectivity index (χ3n) is 7.74. The van der Waals surface area contributed by atoms with Crippen LogP contribution in [0.3, 0.4) is 0 Å². The fourth-order valence-electron chi connectivity index (χ4n) is 5.32. The number of likely N-dealkylation sites (tertiary alicyclic amines) is 1. The summed E-state index contributed by atoms with van der Waals surface area (Å²) in [6.07, 6.45) is -1.55. The summed E-state index contributed by atoms with van der Waals surface area (Å²) in [6.45, 7) is 3.85. The van der Waals surface area contributed by atoms with Gasteiger partial charge in [-0.15, -0.1) is 0 Å². The van der Waals surface area contributed by atoms with Gasteiger partial charge in [-0.1, -0.05) is 6.92 Å². The van der Waals surface area contributed by atoms with E-state index in [1.54, 1.807) is 25.1 Å². The van der Waals surface area contributed by atoms with E-state index in [4.69, 9.17) is 5.26 Å². The highest BCUT2D eigenvalue weighted by atomic mass is 19.4. The van der Waals surface area contributed by atoms with Crippen LogP contribution in [0.4, 0.5) is 18.9 Å². The molecule has 178 valence electrons. The van der Waals surface area contributed by atoms with Crippen LogP contribution in [-0.4, -0.2) is 61.9 Å². The summed E-state index contributed by atoms with van der Waals surface area (Å²) in [7, 11) is 3.38. The van der Waals surface area contributed by atoms with E-state index in [0.717, 1.165) is 18.9 Å². The van der Waals surface area contributed by atoms with Crippen LogP contribution in [0.15, 0.2) is 18.2 Å². The smallest absolute Gasteiger partial charge is 0.370 e. The van der Waals surface area contributed by atoms with Crippen LogP contribution in [0.5, 0.6) is 0 Å². The molecule has 1 aromatic carbocycles. The second-order valence-corrected chi connectivity index (χ2v) is 10.2. The molecule has 1 unspecified atom stereocenters. The molecule has 2 heterocycles. The Labute approximate surface area is 191 Å². The molecule has 9 heteroatoms. The zero-order valence-electron chi connectivity index (χ0n) is 19.2. The molecule has 1 aliphatic carbocycles. The van der Waals surface area contributed by atoms with Crippen LogP contribution in [0.1, 0.15) is 43.7 Å². The molecule has 1 aromatic rings. The lowest BCUT2D eigenvalue weighted by Gasteiger charge is -2.43. The first-order valence-corrected chi connectivity index (χ1v) is 11.3. The lowest BCUT2D eigenvalue weighted by Crippen LogP contribution is -2.50. The summed E-state index contributed by atoms with van der Waals surface area (Å²) >= 11 is 0. The van der Waals surface area contributed by atoms with E-state index in [-0.39, 0.29) is 23.1 Å². The molecule has 1 saturated carbocycles. The zero-order valence-corrected chi connectivity index (χ0v) is 19.2. The van der Waals surface area contributed by atoms with E-state index in [9.17, 15) is 22.8 Å². The molecule has 0 N–H and O–H groups in total. The van der Waals surface area contributed by atoms with Gasteiger partial charge in [-0.2, -0.15) is 18.4 Å². The fourth-order valence-corrected chi connectivity index (χ4v) is 5.32. The molecule has 2 aliphatic heterocycles. The molecule has 33 heavy (non-hydrogen) atoms. The molecule has 1 spiro atoms. The predicted octanol–water partition coefficient (Wildman–Crippen LogP) is 3.51. The van der Waals surface area contributed by atoms with Crippen LogP contribution in [-0.2, 0) is 15.8 Å². The van der Waals surface area contributed by atoms with Gasteiger partial charge in [0.15, 0.2) is 0 Å². The Morgan fingerprint density at radius 1 is 1.15 bits per heavy atom. The van der Waals surface area contributed by atoms with E-state index in [0.29, 0.717) is 44.7 Å². The van der Waals surface area contributed by atoms with Crippen molar-refractivity contribution >= 4 is 17.5 Å². The van der Waals surface area contributed by atoms with Crippen molar-refractivity contribution in [2.24, 2.45) is 16.7 Å². The maximum atomic E-state index is 13.5. The van der Waals surface area contributed by atoms with Crippen molar-refractivity contribution < 1.29 is 22.8 Å². The molecule has 1 atom stereocenters. The van der Waals surface area contributed by atoms with Gasteiger partial charge in [0.25, 0.3) is 0 Å². The molecule has 0 bridgehead atoms. The highest BCUT2D eigenvalue weighted by Gasteiger charge is 2.54. The van der Waals surface area contributed by atoms with Gasteiger partial charge in [0, 0.05) is 56.8 Å². The minimum atomic E-state index is -4.64. The van der Waals surface area contributed by atoms with Crippen LogP contribution < -0.4 is 4.90 Å². The van der Waals surface area contributed by atoms with Gasteiger partial charge in [0.2, 0.25) is 11.8 Å². The maximum absolute atomic E-state index is 13.5. The van der Waals surface area contributed by atoms with Gasteiger partial charge in [0.1, 0.15) is 0 Å². The Kier molecular flexibility index (Phi) is 5.62. The first kappa shape index (κ1) is 23.4. The lowest BCUT2D eigenvalue weighted by molar-refractivity contribution is -0.141. The number of nitrogens with zero attached hydrogens (tertiary/aromatic N) is 4. The summed E-state index contributed by atoms with van der Waals surface area (Å²) in [5.41, 5.74) is -1.67. The second kappa shape index (κ2) is 7.93. The lowest BCUT2D eigenvalue weighted by atomic mass is 9.70. The Balaban J connectivity index is 1.60. The van der Waals surface area contributed by atoms with Gasteiger partial charge in [-0.05, 0) is 43.9 Å². The normalized spacial score (nSPS) is 23.4. The van der Waals surface area contributed by atoms with Crippen molar-refractivity contribution in [1.29, 1.82) is 5.26 Å². The number of hydrogen-bond donors (Lipinski definition) is 0. The number of hydrogen-bond acceptors (Lipinski definition) is 4. The van der Waals surface area contributed by atoms with Crippen molar-refractivity contribution in [3.8, 4) is 6.07 Å². The monoisotopic (exact) mass is 462 g/mol.